The van der Waals surface area contributed by atoms with Crippen molar-refractivity contribution < 1.29 is 18.7 Å². The Morgan fingerprint density at radius 3 is 3.05 bits per heavy atom. The molecule has 0 unspecified atom stereocenters. The molecule has 0 saturated carbocycles. The summed E-state index contributed by atoms with van der Waals surface area (Å²) < 4.78 is 23.7. The third kappa shape index (κ3) is 3.75. The van der Waals surface area contributed by atoms with Gasteiger partial charge in [-0.3, -0.25) is 9.69 Å². The zero-order valence-corrected chi connectivity index (χ0v) is 11.0. The summed E-state index contributed by atoms with van der Waals surface area (Å²) in [5.74, 6) is -0.140. The molecule has 0 aromatic heterocycles. The molecule has 0 atom stereocenters. The standard InChI is InChI=1S/C14H18FNO3/c1-18-14-4-3-11(15)9-12(14)13(17)10-16-5-2-7-19-8-6-16/h3-4,9H,2,5-8,10H2,1H3. The van der Waals surface area contributed by atoms with Gasteiger partial charge in [-0.15, -0.1) is 0 Å². The van der Waals surface area contributed by atoms with Gasteiger partial charge in [0.1, 0.15) is 11.6 Å². The number of carbonyl (C=O) groups excluding carboxylic acids is 1. The van der Waals surface area contributed by atoms with Gasteiger partial charge in [0, 0.05) is 19.7 Å². The molecule has 0 radical (unpaired) electrons. The fraction of sp³-hybridized carbons (Fsp3) is 0.500. The Morgan fingerprint density at radius 1 is 1.42 bits per heavy atom. The molecular weight excluding hydrogens is 249 g/mol. The van der Waals surface area contributed by atoms with E-state index in [9.17, 15) is 9.18 Å². The predicted molar refractivity (Wildman–Crippen MR) is 69.2 cm³/mol. The first-order valence-electron chi connectivity index (χ1n) is 6.37. The second-order valence-corrected chi connectivity index (χ2v) is 4.51. The third-order valence-electron chi connectivity index (χ3n) is 3.14. The van der Waals surface area contributed by atoms with Crippen molar-refractivity contribution in [3.05, 3.63) is 29.6 Å². The van der Waals surface area contributed by atoms with Gasteiger partial charge in [0.05, 0.1) is 25.8 Å². The molecule has 2 rings (SSSR count). The summed E-state index contributed by atoms with van der Waals surface area (Å²) in [6.07, 6.45) is 0.910. The molecule has 0 aliphatic carbocycles. The van der Waals surface area contributed by atoms with E-state index in [0.717, 1.165) is 26.1 Å². The number of hydrogen-bond donors (Lipinski definition) is 0. The normalized spacial score (nSPS) is 16.9. The Kier molecular flexibility index (Phi) is 4.87. The first kappa shape index (κ1) is 14.0. The second kappa shape index (κ2) is 6.63. The average molecular weight is 267 g/mol. The molecular formula is C14H18FNO3. The van der Waals surface area contributed by atoms with Crippen molar-refractivity contribution in [1.82, 2.24) is 4.90 Å². The lowest BCUT2D eigenvalue weighted by atomic mass is 10.1. The lowest BCUT2D eigenvalue weighted by Gasteiger charge is -2.18. The van der Waals surface area contributed by atoms with Crippen molar-refractivity contribution in [3.8, 4) is 5.75 Å². The van der Waals surface area contributed by atoms with Crippen LogP contribution in [0, 0.1) is 5.82 Å². The average Bonchev–Trinajstić information content (AvgIpc) is 2.67. The molecule has 1 aromatic rings. The first-order chi connectivity index (χ1) is 9.20. The largest absolute Gasteiger partial charge is 0.496 e. The highest BCUT2D eigenvalue weighted by Crippen LogP contribution is 2.20. The third-order valence-corrected chi connectivity index (χ3v) is 3.14. The van der Waals surface area contributed by atoms with Crippen molar-refractivity contribution in [2.24, 2.45) is 0 Å². The second-order valence-electron chi connectivity index (χ2n) is 4.51. The lowest BCUT2D eigenvalue weighted by molar-refractivity contribution is 0.0919. The molecule has 5 heteroatoms. The van der Waals surface area contributed by atoms with Gasteiger partial charge in [0.2, 0.25) is 0 Å². The van der Waals surface area contributed by atoms with Gasteiger partial charge in [-0.2, -0.15) is 0 Å². The van der Waals surface area contributed by atoms with Crippen molar-refractivity contribution in [3.63, 3.8) is 0 Å². The Bertz CT molecular complexity index is 442. The maximum absolute atomic E-state index is 13.2. The number of ketones is 1. The Balaban J connectivity index is 2.08. The van der Waals surface area contributed by atoms with E-state index < -0.39 is 5.82 Å². The summed E-state index contributed by atoms with van der Waals surface area (Å²) >= 11 is 0. The molecule has 1 fully saturated rings. The number of methoxy groups -OCH3 is 1. The minimum absolute atomic E-state index is 0.127. The molecule has 1 aromatic carbocycles. The summed E-state index contributed by atoms with van der Waals surface area (Å²) in [7, 11) is 1.48. The van der Waals surface area contributed by atoms with E-state index in [-0.39, 0.29) is 12.3 Å². The van der Waals surface area contributed by atoms with Gasteiger partial charge in [0.25, 0.3) is 0 Å². The maximum Gasteiger partial charge on any atom is 0.180 e. The van der Waals surface area contributed by atoms with Gasteiger partial charge >= 0.3 is 0 Å². The van der Waals surface area contributed by atoms with Gasteiger partial charge in [0.15, 0.2) is 5.78 Å². The van der Waals surface area contributed by atoms with E-state index in [4.69, 9.17) is 9.47 Å². The van der Waals surface area contributed by atoms with Crippen LogP contribution in [0.1, 0.15) is 16.8 Å². The van der Waals surface area contributed by atoms with E-state index in [2.05, 4.69) is 0 Å². The molecule has 19 heavy (non-hydrogen) atoms. The number of hydrogen-bond acceptors (Lipinski definition) is 4. The number of benzene rings is 1. The van der Waals surface area contributed by atoms with Gasteiger partial charge in [-0.1, -0.05) is 0 Å². The van der Waals surface area contributed by atoms with E-state index in [1.54, 1.807) is 0 Å². The van der Waals surface area contributed by atoms with E-state index >= 15 is 0 Å². The summed E-state index contributed by atoms with van der Waals surface area (Å²) in [6.45, 7) is 3.18. The predicted octanol–water partition coefficient (Wildman–Crippen LogP) is 1.74. The Labute approximate surface area is 112 Å². The van der Waals surface area contributed by atoms with Crippen molar-refractivity contribution >= 4 is 5.78 Å². The summed E-state index contributed by atoms with van der Waals surface area (Å²) in [5.41, 5.74) is 0.299. The maximum atomic E-state index is 13.2. The van der Waals surface area contributed by atoms with Crippen LogP contribution < -0.4 is 4.74 Å². The lowest BCUT2D eigenvalue weighted by Crippen LogP contribution is -2.32. The number of halogens is 1. The summed E-state index contributed by atoms with van der Waals surface area (Å²) in [5, 5.41) is 0. The number of nitrogens with zero attached hydrogens (tertiary/aromatic N) is 1. The van der Waals surface area contributed by atoms with E-state index in [0.29, 0.717) is 17.9 Å². The van der Waals surface area contributed by atoms with Gasteiger partial charge in [-0.25, -0.2) is 4.39 Å². The highest BCUT2D eigenvalue weighted by atomic mass is 19.1. The number of ether oxygens (including phenoxy) is 2. The molecule has 104 valence electrons. The van der Waals surface area contributed by atoms with Crippen LogP contribution in [0.15, 0.2) is 18.2 Å². The molecule has 1 saturated heterocycles. The number of rotatable bonds is 4. The van der Waals surface area contributed by atoms with E-state index in [1.807, 2.05) is 4.90 Å². The topological polar surface area (TPSA) is 38.8 Å². The Hall–Kier alpha value is -1.46. The highest BCUT2D eigenvalue weighted by molar-refractivity contribution is 6.00. The SMILES string of the molecule is COc1ccc(F)cc1C(=O)CN1CCCOCC1. The first-order valence-corrected chi connectivity index (χ1v) is 6.37. The zero-order valence-electron chi connectivity index (χ0n) is 11.0. The van der Waals surface area contributed by atoms with Crippen molar-refractivity contribution in [2.75, 3.05) is 40.0 Å². The summed E-state index contributed by atoms with van der Waals surface area (Å²) in [6, 6.07) is 4.00. The van der Waals surface area contributed by atoms with Gasteiger partial charge in [-0.05, 0) is 24.6 Å². The smallest absolute Gasteiger partial charge is 0.180 e. The molecule has 1 aliphatic rings. The van der Waals surface area contributed by atoms with Crippen LogP contribution in [-0.2, 0) is 4.74 Å². The van der Waals surface area contributed by atoms with Crippen LogP contribution >= 0.6 is 0 Å². The van der Waals surface area contributed by atoms with Crippen LogP contribution in [0.2, 0.25) is 0 Å². The minimum atomic E-state index is -0.427. The van der Waals surface area contributed by atoms with Crippen LogP contribution in [0.25, 0.3) is 0 Å². The van der Waals surface area contributed by atoms with Crippen LogP contribution in [0.4, 0.5) is 4.39 Å². The fourth-order valence-electron chi connectivity index (χ4n) is 2.14. The number of Topliss-reactive ketones (excluding diaryl/α,β-unsaturated/α-hetero) is 1. The van der Waals surface area contributed by atoms with Crippen LogP contribution in [0.5, 0.6) is 5.75 Å². The quantitative estimate of drug-likeness (QED) is 0.779. The monoisotopic (exact) mass is 267 g/mol. The highest BCUT2D eigenvalue weighted by Gasteiger charge is 2.18. The van der Waals surface area contributed by atoms with Crippen LogP contribution in [0.3, 0.4) is 0 Å². The number of carbonyl (C=O) groups is 1. The molecule has 1 aliphatic heterocycles. The van der Waals surface area contributed by atoms with Crippen molar-refractivity contribution in [2.45, 2.75) is 6.42 Å². The Morgan fingerprint density at radius 2 is 2.26 bits per heavy atom. The molecule has 0 amide bonds. The van der Waals surface area contributed by atoms with Crippen LogP contribution in [-0.4, -0.2) is 50.6 Å². The molecule has 0 N–H and O–H groups in total. The molecule has 1 heterocycles. The summed E-state index contributed by atoms with van der Waals surface area (Å²) in [4.78, 5) is 14.3. The molecule has 0 bridgehead atoms. The molecule has 4 nitrogen and oxygen atoms in total. The molecule has 0 spiro atoms. The fourth-order valence-corrected chi connectivity index (χ4v) is 2.14. The van der Waals surface area contributed by atoms with Crippen molar-refractivity contribution in [1.29, 1.82) is 0 Å². The van der Waals surface area contributed by atoms with E-state index in [1.165, 1.54) is 25.3 Å². The van der Waals surface area contributed by atoms with Gasteiger partial charge < -0.3 is 9.47 Å². The zero-order chi connectivity index (χ0) is 13.7. The minimum Gasteiger partial charge on any atom is -0.496 e.